The number of methoxy groups -OCH3 is 1. The molecule has 1 aromatic rings. The molecule has 1 radical (unpaired) electrons. The van der Waals surface area contributed by atoms with E-state index in [1.165, 1.54) is 0 Å². The Balaban J connectivity index is 1.77. The minimum atomic E-state index is 0.667. The van der Waals surface area contributed by atoms with E-state index in [2.05, 4.69) is 11.0 Å². The van der Waals surface area contributed by atoms with E-state index < -0.39 is 0 Å². The number of benzene rings is 1. The summed E-state index contributed by atoms with van der Waals surface area (Å²) in [4.78, 5) is 2.34. The van der Waals surface area contributed by atoms with Crippen LogP contribution >= 0.6 is 0 Å². The van der Waals surface area contributed by atoms with Gasteiger partial charge in [0.05, 0.1) is 20.3 Å². The van der Waals surface area contributed by atoms with Crippen LogP contribution in [0.2, 0.25) is 0 Å². The van der Waals surface area contributed by atoms with Crippen LogP contribution in [0, 0.1) is 6.07 Å². The summed E-state index contributed by atoms with van der Waals surface area (Å²) in [6, 6.07) is 8.44. The number of hydrogen-bond donors (Lipinski definition) is 0. The van der Waals surface area contributed by atoms with Gasteiger partial charge in [-0.25, -0.2) is 0 Å². The zero-order valence-electron chi connectivity index (χ0n) is 10.1. The highest BCUT2D eigenvalue weighted by atomic mass is 16.5. The van der Waals surface area contributed by atoms with Crippen LogP contribution in [0.1, 0.15) is 0 Å². The van der Waals surface area contributed by atoms with Crippen LogP contribution in [0.25, 0.3) is 0 Å². The van der Waals surface area contributed by atoms with E-state index in [1.807, 2.05) is 12.1 Å². The third kappa shape index (κ3) is 3.61. The lowest BCUT2D eigenvalue weighted by atomic mass is 10.3. The van der Waals surface area contributed by atoms with E-state index in [0.717, 1.165) is 44.3 Å². The summed E-state index contributed by atoms with van der Waals surface area (Å²) in [5.41, 5.74) is 0. The summed E-state index contributed by atoms with van der Waals surface area (Å²) in [6.07, 6.45) is 0. The smallest absolute Gasteiger partial charge is 0.161 e. The van der Waals surface area contributed by atoms with Crippen molar-refractivity contribution in [1.82, 2.24) is 4.90 Å². The van der Waals surface area contributed by atoms with Crippen molar-refractivity contribution in [2.75, 3.05) is 46.6 Å². The van der Waals surface area contributed by atoms with Crippen molar-refractivity contribution in [3.63, 3.8) is 0 Å². The van der Waals surface area contributed by atoms with Gasteiger partial charge < -0.3 is 14.2 Å². The van der Waals surface area contributed by atoms with Crippen LogP contribution in [0.4, 0.5) is 0 Å². The van der Waals surface area contributed by atoms with E-state index in [1.54, 1.807) is 13.2 Å². The predicted molar refractivity (Wildman–Crippen MR) is 64.6 cm³/mol. The van der Waals surface area contributed by atoms with Gasteiger partial charge in [-0.05, 0) is 18.2 Å². The highest BCUT2D eigenvalue weighted by Gasteiger charge is 2.10. The Morgan fingerprint density at radius 1 is 1.35 bits per heavy atom. The molecule has 0 spiro atoms. The minimum Gasteiger partial charge on any atom is -0.493 e. The molecular formula is C13H18NO3. The molecule has 0 aromatic heterocycles. The molecule has 2 rings (SSSR count). The van der Waals surface area contributed by atoms with E-state index >= 15 is 0 Å². The van der Waals surface area contributed by atoms with E-state index in [4.69, 9.17) is 14.2 Å². The van der Waals surface area contributed by atoms with Gasteiger partial charge in [-0.15, -0.1) is 0 Å². The molecule has 1 saturated heterocycles. The first-order valence-electron chi connectivity index (χ1n) is 5.87. The van der Waals surface area contributed by atoms with Crippen molar-refractivity contribution in [2.45, 2.75) is 0 Å². The summed E-state index contributed by atoms with van der Waals surface area (Å²) in [7, 11) is 1.64. The number of ether oxygens (including phenoxy) is 3. The molecule has 4 heteroatoms. The van der Waals surface area contributed by atoms with Crippen molar-refractivity contribution in [2.24, 2.45) is 0 Å². The van der Waals surface area contributed by atoms with Crippen molar-refractivity contribution in [3.8, 4) is 11.5 Å². The van der Waals surface area contributed by atoms with Crippen LogP contribution < -0.4 is 9.47 Å². The Kier molecular flexibility index (Phi) is 4.64. The maximum atomic E-state index is 5.70. The molecule has 1 aliphatic rings. The fraction of sp³-hybridized carbons (Fsp3) is 0.538. The molecule has 0 unspecified atom stereocenters. The van der Waals surface area contributed by atoms with Crippen LogP contribution in [0.3, 0.4) is 0 Å². The SMILES string of the molecule is COc1c[c]ccc1OCCN1CCOCC1. The maximum Gasteiger partial charge on any atom is 0.161 e. The third-order valence-corrected chi connectivity index (χ3v) is 2.78. The van der Waals surface area contributed by atoms with Crippen LogP contribution in [-0.4, -0.2) is 51.5 Å². The lowest BCUT2D eigenvalue weighted by Gasteiger charge is -2.26. The standard InChI is InChI=1S/C13H18NO3/c1-15-12-4-2-3-5-13(12)17-11-8-14-6-9-16-10-7-14/h3-5H,6-11H2,1H3. The lowest BCUT2D eigenvalue weighted by molar-refractivity contribution is 0.0321. The summed E-state index contributed by atoms with van der Waals surface area (Å²) in [5, 5.41) is 0. The molecule has 0 aliphatic carbocycles. The quantitative estimate of drug-likeness (QED) is 0.769. The predicted octanol–water partition coefficient (Wildman–Crippen LogP) is 1.21. The molecular weight excluding hydrogens is 218 g/mol. The number of nitrogens with zero attached hydrogens (tertiary/aromatic N) is 1. The monoisotopic (exact) mass is 236 g/mol. The first kappa shape index (κ1) is 12.2. The third-order valence-electron chi connectivity index (χ3n) is 2.78. The van der Waals surface area contributed by atoms with Gasteiger partial charge in [-0.1, -0.05) is 6.07 Å². The number of hydrogen-bond acceptors (Lipinski definition) is 4. The zero-order valence-corrected chi connectivity index (χ0v) is 10.1. The molecule has 0 saturated carbocycles. The van der Waals surface area contributed by atoms with Crippen molar-refractivity contribution in [3.05, 3.63) is 24.3 Å². The van der Waals surface area contributed by atoms with Gasteiger partial charge in [0.15, 0.2) is 11.5 Å². The van der Waals surface area contributed by atoms with Gasteiger partial charge in [0.1, 0.15) is 6.61 Å². The van der Waals surface area contributed by atoms with Gasteiger partial charge >= 0.3 is 0 Å². The second kappa shape index (κ2) is 6.47. The van der Waals surface area contributed by atoms with Gasteiger partial charge in [-0.2, -0.15) is 0 Å². The van der Waals surface area contributed by atoms with E-state index in [0.29, 0.717) is 6.61 Å². The van der Waals surface area contributed by atoms with Crippen LogP contribution in [-0.2, 0) is 4.74 Å². The molecule has 0 atom stereocenters. The molecule has 0 bridgehead atoms. The lowest BCUT2D eigenvalue weighted by Crippen LogP contribution is -2.38. The van der Waals surface area contributed by atoms with E-state index in [-0.39, 0.29) is 0 Å². The van der Waals surface area contributed by atoms with Gasteiger partial charge in [-0.3, -0.25) is 4.90 Å². The topological polar surface area (TPSA) is 30.9 Å². The molecule has 0 amide bonds. The molecule has 4 nitrogen and oxygen atoms in total. The molecule has 1 aromatic carbocycles. The highest BCUT2D eigenvalue weighted by Crippen LogP contribution is 2.25. The first-order chi connectivity index (χ1) is 8.40. The van der Waals surface area contributed by atoms with E-state index in [9.17, 15) is 0 Å². The average Bonchev–Trinajstić information content (AvgIpc) is 2.40. The summed E-state index contributed by atoms with van der Waals surface area (Å²) in [5.74, 6) is 1.51. The molecule has 1 heterocycles. The molecule has 17 heavy (non-hydrogen) atoms. The largest absolute Gasteiger partial charge is 0.493 e. The maximum absolute atomic E-state index is 5.70. The number of morpholine rings is 1. The Labute approximate surface area is 102 Å². The second-order valence-corrected chi connectivity index (χ2v) is 3.88. The average molecular weight is 236 g/mol. The Morgan fingerprint density at radius 3 is 2.94 bits per heavy atom. The highest BCUT2D eigenvalue weighted by molar-refractivity contribution is 5.38. The Hall–Kier alpha value is -1.26. The molecule has 1 fully saturated rings. The number of rotatable bonds is 5. The fourth-order valence-electron chi connectivity index (χ4n) is 1.79. The first-order valence-corrected chi connectivity index (χ1v) is 5.87. The van der Waals surface area contributed by atoms with Gasteiger partial charge in [0, 0.05) is 19.6 Å². The van der Waals surface area contributed by atoms with Crippen LogP contribution in [0.15, 0.2) is 18.2 Å². The fourth-order valence-corrected chi connectivity index (χ4v) is 1.79. The molecule has 0 N–H and O–H groups in total. The van der Waals surface area contributed by atoms with Gasteiger partial charge in [0.25, 0.3) is 0 Å². The van der Waals surface area contributed by atoms with Crippen molar-refractivity contribution < 1.29 is 14.2 Å². The summed E-state index contributed by atoms with van der Waals surface area (Å²) < 4.78 is 16.2. The normalized spacial score (nSPS) is 16.8. The van der Waals surface area contributed by atoms with Crippen LogP contribution in [0.5, 0.6) is 11.5 Å². The molecule has 93 valence electrons. The Bertz CT molecular complexity index is 337. The minimum absolute atomic E-state index is 0.667. The summed E-state index contributed by atoms with van der Waals surface area (Å²) in [6.45, 7) is 5.21. The second-order valence-electron chi connectivity index (χ2n) is 3.88. The van der Waals surface area contributed by atoms with Crippen molar-refractivity contribution in [1.29, 1.82) is 0 Å². The summed E-state index contributed by atoms with van der Waals surface area (Å²) >= 11 is 0. The van der Waals surface area contributed by atoms with Gasteiger partial charge in [0.2, 0.25) is 0 Å². The Morgan fingerprint density at radius 2 is 2.18 bits per heavy atom. The molecule has 1 aliphatic heterocycles. The zero-order chi connectivity index (χ0) is 11.9. The van der Waals surface area contributed by atoms with Crippen molar-refractivity contribution >= 4 is 0 Å².